The molecule has 0 unspecified atom stereocenters. The summed E-state index contributed by atoms with van der Waals surface area (Å²) in [6, 6.07) is 14.0. The number of hydrogen-bond donors (Lipinski definition) is 0. The highest BCUT2D eigenvalue weighted by Gasteiger charge is 2.59. The molecule has 26 heavy (non-hydrogen) atoms. The van der Waals surface area contributed by atoms with E-state index in [1.165, 1.54) is 4.90 Å². The van der Waals surface area contributed by atoms with E-state index in [9.17, 15) is 9.59 Å². The maximum absolute atomic E-state index is 12.9. The SMILES string of the molecule is CCN1C(=O)[C@H]2[C@@H](ON(c3ccccc3)[C@H]2c2ccc(Cl)cc2Cl)C1=O. The van der Waals surface area contributed by atoms with Crippen LogP contribution in [0.5, 0.6) is 0 Å². The summed E-state index contributed by atoms with van der Waals surface area (Å²) in [5, 5.41) is 2.56. The number of fused-ring (bicyclic) bond motifs is 1. The van der Waals surface area contributed by atoms with Gasteiger partial charge in [0.2, 0.25) is 5.91 Å². The molecule has 2 amide bonds. The molecule has 2 aromatic carbocycles. The number of amides is 2. The molecule has 2 fully saturated rings. The summed E-state index contributed by atoms with van der Waals surface area (Å²) in [5.74, 6) is -1.20. The van der Waals surface area contributed by atoms with Gasteiger partial charge in [0.15, 0.2) is 6.10 Å². The Hall–Kier alpha value is -2.08. The van der Waals surface area contributed by atoms with Crippen LogP contribution in [-0.2, 0) is 14.4 Å². The Labute approximate surface area is 161 Å². The summed E-state index contributed by atoms with van der Waals surface area (Å²) in [4.78, 5) is 32.7. The quantitative estimate of drug-likeness (QED) is 0.746. The Balaban J connectivity index is 1.84. The molecule has 0 aromatic heterocycles. The highest BCUT2D eigenvalue weighted by Crippen LogP contribution is 2.48. The monoisotopic (exact) mass is 390 g/mol. The molecule has 0 aliphatic carbocycles. The maximum Gasteiger partial charge on any atom is 0.261 e. The van der Waals surface area contributed by atoms with E-state index in [0.29, 0.717) is 22.2 Å². The molecule has 0 radical (unpaired) electrons. The number of carbonyl (C=O) groups excluding carboxylic acids is 2. The van der Waals surface area contributed by atoms with Gasteiger partial charge in [-0.25, -0.2) is 5.06 Å². The Kier molecular flexibility index (Phi) is 4.39. The fraction of sp³-hybridized carbons (Fsp3) is 0.263. The summed E-state index contributed by atoms with van der Waals surface area (Å²) in [6.07, 6.45) is -0.848. The van der Waals surface area contributed by atoms with Gasteiger partial charge in [0.25, 0.3) is 5.91 Å². The van der Waals surface area contributed by atoms with E-state index in [1.807, 2.05) is 30.3 Å². The first kappa shape index (κ1) is 17.3. The zero-order valence-corrected chi connectivity index (χ0v) is 15.4. The van der Waals surface area contributed by atoms with Crippen LogP contribution in [0.15, 0.2) is 48.5 Å². The Morgan fingerprint density at radius 3 is 2.42 bits per heavy atom. The maximum atomic E-state index is 12.9. The lowest BCUT2D eigenvalue weighted by Crippen LogP contribution is -2.37. The number of hydroxylamine groups is 1. The molecule has 0 spiro atoms. The smallest absolute Gasteiger partial charge is 0.261 e. The van der Waals surface area contributed by atoms with Crippen LogP contribution in [0.3, 0.4) is 0 Å². The van der Waals surface area contributed by atoms with Crippen molar-refractivity contribution >= 4 is 40.7 Å². The highest BCUT2D eigenvalue weighted by atomic mass is 35.5. The van der Waals surface area contributed by atoms with Gasteiger partial charge in [-0.3, -0.25) is 19.3 Å². The Morgan fingerprint density at radius 2 is 1.77 bits per heavy atom. The lowest BCUT2D eigenvalue weighted by molar-refractivity contribution is -0.142. The van der Waals surface area contributed by atoms with Crippen molar-refractivity contribution in [2.24, 2.45) is 5.92 Å². The van der Waals surface area contributed by atoms with Crippen molar-refractivity contribution in [1.82, 2.24) is 4.90 Å². The molecule has 2 aliphatic rings. The molecule has 3 atom stereocenters. The zero-order valence-electron chi connectivity index (χ0n) is 13.9. The number of anilines is 1. The second-order valence-corrected chi connectivity index (χ2v) is 7.09. The first-order chi connectivity index (χ1) is 12.5. The van der Waals surface area contributed by atoms with Gasteiger partial charge in [-0.1, -0.05) is 47.5 Å². The van der Waals surface area contributed by atoms with Gasteiger partial charge in [-0.05, 0) is 36.8 Å². The summed E-state index contributed by atoms with van der Waals surface area (Å²) in [6.45, 7) is 2.09. The van der Waals surface area contributed by atoms with Gasteiger partial charge >= 0.3 is 0 Å². The van der Waals surface area contributed by atoms with Crippen LogP contribution in [-0.4, -0.2) is 29.4 Å². The largest absolute Gasteiger partial charge is 0.280 e. The fourth-order valence-electron chi connectivity index (χ4n) is 3.64. The van der Waals surface area contributed by atoms with E-state index in [4.69, 9.17) is 28.0 Å². The molecule has 2 saturated heterocycles. The summed E-state index contributed by atoms with van der Waals surface area (Å²) < 4.78 is 0. The predicted molar refractivity (Wildman–Crippen MR) is 98.9 cm³/mol. The van der Waals surface area contributed by atoms with Crippen molar-refractivity contribution in [3.63, 3.8) is 0 Å². The Bertz CT molecular complexity index is 874. The number of carbonyl (C=O) groups is 2. The van der Waals surface area contributed by atoms with E-state index in [0.717, 1.165) is 5.69 Å². The molecule has 5 nitrogen and oxygen atoms in total. The molecule has 2 aliphatic heterocycles. The van der Waals surface area contributed by atoms with E-state index < -0.39 is 18.1 Å². The van der Waals surface area contributed by atoms with Crippen molar-refractivity contribution < 1.29 is 14.4 Å². The van der Waals surface area contributed by atoms with Crippen LogP contribution >= 0.6 is 23.2 Å². The summed E-state index contributed by atoms with van der Waals surface area (Å²) in [7, 11) is 0. The summed E-state index contributed by atoms with van der Waals surface area (Å²) in [5.41, 5.74) is 1.45. The van der Waals surface area contributed by atoms with Crippen molar-refractivity contribution in [2.45, 2.75) is 19.1 Å². The first-order valence-corrected chi connectivity index (χ1v) is 9.09. The number of likely N-dealkylation sites (tertiary alicyclic amines) is 1. The van der Waals surface area contributed by atoms with Gasteiger partial charge < -0.3 is 0 Å². The number of benzene rings is 2. The molecule has 7 heteroatoms. The lowest BCUT2D eigenvalue weighted by atomic mass is 9.90. The van der Waals surface area contributed by atoms with Crippen LogP contribution in [0.4, 0.5) is 5.69 Å². The number of para-hydroxylation sites is 1. The molecule has 0 bridgehead atoms. The Morgan fingerprint density at radius 1 is 1.04 bits per heavy atom. The minimum Gasteiger partial charge on any atom is -0.280 e. The molecule has 0 saturated carbocycles. The van der Waals surface area contributed by atoms with Gasteiger partial charge in [-0.15, -0.1) is 0 Å². The number of halogens is 2. The third kappa shape index (κ3) is 2.58. The standard InChI is InChI=1S/C19H16Cl2N2O3/c1-2-22-18(24)15-16(13-9-8-11(20)10-14(13)21)23(26-17(15)19(22)25)12-6-4-3-5-7-12/h3-10,15-17H,2H2,1H3/t15-,16+,17-/m1/s1. The molecule has 0 N–H and O–H groups in total. The van der Waals surface area contributed by atoms with Crippen molar-refractivity contribution in [3.05, 3.63) is 64.1 Å². The molecular formula is C19H16Cl2N2O3. The van der Waals surface area contributed by atoms with Gasteiger partial charge in [0.05, 0.1) is 11.7 Å². The van der Waals surface area contributed by atoms with E-state index >= 15 is 0 Å². The fourth-order valence-corrected chi connectivity index (χ4v) is 4.16. The van der Waals surface area contributed by atoms with E-state index in [1.54, 1.807) is 30.2 Å². The first-order valence-electron chi connectivity index (χ1n) is 8.34. The number of hydrogen-bond acceptors (Lipinski definition) is 4. The van der Waals surface area contributed by atoms with Gasteiger partial charge in [-0.2, -0.15) is 0 Å². The van der Waals surface area contributed by atoms with Gasteiger partial charge in [0.1, 0.15) is 5.92 Å². The number of imide groups is 1. The highest BCUT2D eigenvalue weighted by molar-refractivity contribution is 6.35. The van der Waals surface area contributed by atoms with E-state index in [2.05, 4.69) is 0 Å². The second kappa shape index (κ2) is 6.58. The number of likely N-dealkylation sites (N-methyl/N-ethyl adjacent to an activating group) is 1. The van der Waals surface area contributed by atoms with Crippen LogP contribution in [0, 0.1) is 5.92 Å². The van der Waals surface area contributed by atoms with Crippen molar-refractivity contribution in [2.75, 3.05) is 11.6 Å². The van der Waals surface area contributed by atoms with Crippen molar-refractivity contribution in [1.29, 1.82) is 0 Å². The molecule has 2 heterocycles. The lowest BCUT2D eigenvalue weighted by Gasteiger charge is -2.29. The van der Waals surface area contributed by atoms with Gasteiger partial charge in [0, 0.05) is 16.6 Å². The minimum atomic E-state index is -0.848. The van der Waals surface area contributed by atoms with Crippen molar-refractivity contribution in [3.8, 4) is 0 Å². The van der Waals surface area contributed by atoms with Crippen LogP contribution in [0.2, 0.25) is 10.0 Å². The average Bonchev–Trinajstić information content (AvgIpc) is 3.12. The molecule has 2 aromatic rings. The normalized spacial score (nSPS) is 25.1. The molecule has 134 valence electrons. The topological polar surface area (TPSA) is 49.9 Å². The second-order valence-electron chi connectivity index (χ2n) is 6.24. The predicted octanol–water partition coefficient (Wildman–Crippen LogP) is 3.86. The van der Waals surface area contributed by atoms with Crippen LogP contribution in [0.1, 0.15) is 18.5 Å². The minimum absolute atomic E-state index is 0.239. The average molecular weight is 391 g/mol. The molecule has 4 rings (SSSR count). The third-order valence-corrected chi connectivity index (χ3v) is 5.38. The summed E-state index contributed by atoms with van der Waals surface area (Å²) >= 11 is 12.5. The number of rotatable bonds is 3. The zero-order chi connectivity index (χ0) is 18.4. The van der Waals surface area contributed by atoms with Crippen LogP contribution < -0.4 is 5.06 Å². The number of nitrogens with zero attached hydrogens (tertiary/aromatic N) is 2. The van der Waals surface area contributed by atoms with Crippen LogP contribution in [0.25, 0.3) is 0 Å². The van der Waals surface area contributed by atoms with E-state index in [-0.39, 0.29) is 11.8 Å². The molecular weight excluding hydrogens is 375 g/mol. The third-order valence-electron chi connectivity index (χ3n) is 4.81.